The molecule has 0 rings (SSSR count). The highest BCUT2D eigenvalue weighted by Gasteiger charge is 1.95. The molecular weight excluding hydrogens is 116 g/mol. The van der Waals surface area contributed by atoms with Crippen LogP contribution in [0.2, 0.25) is 0 Å². The standard InChI is InChI=1S/C6H15N2O/c7-5-3-1-2-4-6(8)9/h6H,1-5,7-8H2. The van der Waals surface area contributed by atoms with Gasteiger partial charge in [-0.25, -0.2) is 5.11 Å². The van der Waals surface area contributed by atoms with Gasteiger partial charge in [0.05, 0.1) is 0 Å². The zero-order valence-corrected chi connectivity index (χ0v) is 5.68. The van der Waals surface area contributed by atoms with Crippen molar-refractivity contribution in [3.05, 3.63) is 0 Å². The number of hydrogen-bond acceptors (Lipinski definition) is 2. The van der Waals surface area contributed by atoms with Gasteiger partial charge in [0.1, 0.15) is 6.23 Å². The fourth-order valence-electron chi connectivity index (χ4n) is 0.667. The maximum atomic E-state index is 10.2. The third kappa shape index (κ3) is 7.88. The van der Waals surface area contributed by atoms with E-state index in [1.807, 2.05) is 0 Å². The first-order valence-electron chi connectivity index (χ1n) is 3.39. The largest absolute Gasteiger partial charge is 0.330 e. The summed E-state index contributed by atoms with van der Waals surface area (Å²) in [5, 5.41) is 10.2. The van der Waals surface area contributed by atoms with Crippen LogP contribution in [0, 0.1) is 0 Å². The molecule has 3 heteroatoms. The monoisotopic (exact) mass is 131 g/mol. The molecule has 0 aliphatic carbocycles. The summed E-state index contributed by atoms with van der Waals surface area (Å²) in [4.78, 5) is 0. The minimum Gasteiger partial charge on any atom is -0.330 e. The average Bonchev–Trinajstić information content (AvgIpc) is 1.80. The second-order valence-electron chi connectivity index (χ2n) is 2.18. The lowest BCUT2D eigenvalue weighted by Crippen LogP contribution is -2.16. The van der Waals surface area contributed by atoms with Crippen molar-refractivity contribution in [1.29, 1.82) is 0 Å². The smallest absolute Gasteiger partial charge is 0.141 e. The summed E-state index contributed by atoms with van der Waals surface area (Å²) in [5.74, 6) is 0. The Morgan fingerprint density at radius 3 is 2.33 bits per heavy atom. The van der Waals surface area contributed by atoms with E-state index in [2.05, 4.69) is 0 Å². The van der Waals surface area contributed by atoms with Crippen LogP contribution >= 0.6 is 0 Å². The van der Waals surface area contributed by atoms with E-state index in [1.165, 1.54) is 0 Å². The van der Waals surface area contributed by atoms with E-state index in [0.717, 1.165) is 19.3 Å². The predicted octanol–water partition coefficient (Wildman–Crippen LogP) is 0.221. The Balaban J connectivity index is 2.75. The van der Waals surface area contributed by atoms with Crippen LogP contribution in [0.15, 0.2) is 0 Å². The van der Waals surface area contributed by atoms with Gasteiger partial charge in [-0.05, 0) is 25.8 Å². The van der Waals surface area contributed by atoms with Gasteiger partial charge >= 0.3 is 0 Å². The van der Waals surface area contributed by atoms with Crippen molar-refractivity contribution in [3.8, 4) is 0 Å². The summed E-state index contributed by atoms with van der Waals surface area (Å²) in [6.45, 7) is 0.716. The molecule has 0 aromatic heterocycles. The number of unbranched alkanes of at least 4 members (excludes halogenated alkanes) is 2. The number of hydrogen-bond donors (Lipinski definition) is 2. The first kappa shape index (κ1) is 8.88. The Morgan fingerprint density at radius 1 is 1.22 bits per heavy atom. The Kier molecular flexibility index (Phi) is 5.93. The fraction of sp³-hybridized carbons (Fsp3) is 1.00. The minimum atomic E-state index is -0.886. The Labute approximate surface area is 56.0 Å². The van der Waals surface area contributed by atoms with Crippen molar-refractivity contribution in [2.75, 3.05) is 6.54 Å². The lowest BCUT2D eigenvalue weighted by atomic mass is 10.2. The molecule has 3 nitrogen and oxygen atoms in total. The molecule has 0 bridgehead atoms. The molecule has 0 saturated carbocycles. The molecule has 0 fully saturated rings. The molecular formula is C6H15N2O. The van der Waals surface area contributed by atoms with Gasteiger partial charge in [0.15, 0.2) is 0 Å². The minimum absolute atomic E-state index is 0.583. The molecule has 4 N–H and O–H groups in total. The maximum absolute atomic E-state index is 10.2. The fourth-order valence-corrected chi connectivity index (χ4v) is 0.667. The summed E-state index contributed by atoms with van der Waals surface area (Å²) < 4.78 is 0. The van der Waals surface area contributed by atoms with Crippen LogP contribution in [0.25, 0.3) is 0 Å². The van der Waals surface area contributed by atoms with E-state index >= 15 is 0 Å². The molecule has 1 atom stereocenters. The molecule has 55 valence electrons. The zero-order chi connectivity index (χ0) is 7.11. The molecule has 0 aromatic carbocycles. The van der Waals surface area contributed by atoms with Gasteiger partial charge in [0, 0.05) is 0 Å². The SMILES string of the molecule is NCCCCCC(N)[O]. The van der Waals surface area contributed by atoms with E-state index in [9.17, 15) is 5.11 Å². The lowest BCUT2D eigenvalue weighted by molar-refractivity contribution is 0.0847. The third-order valence-corrected chi connectivity index (χ3v) is 1.19. The summed E-state index contributed by atoms with van der Waals surface area (Å²) in [5.41, 5.74) is 10.2. The van der Waals surface area contributed by atoms with Gasteiger partial charge in [-0.15, -0.1) is 0 Å². The maximum Gasteiger partial charge on any atom is 0.141 e. The molecule has 0 aliphatic heterocycles. The molecule has 0 spiro atoms. The van der Waals surface area contributed by atoms with Gasteiger partial charge in [-0.2, -0.15) is 0 Å². The Hall–Kier alpha value is -0.120. The van der Waals surface area contributed by atoms with Crippen LogP contribution in [-0.2, 0) is 5.11 Å². The van der Waals surface area contributed by atoms with Crippen LogP contribution < -0.4 is 11.5 Å². The summed E-state index contributed by atoms with van der Waals surface area (Å²) in [6.07, 6.45) is 2.66. The molecule has 1 unspecified atom stereocenters. The van der Waals surface area contributed by atoms with Crippen LogP contribution in [0.1, 0.15) is 25.7 Å². The number of nitrogens with two attached hydrogens (primary N) is 2. The van der Waals surface area contributed by atoms with Crippen molar-refractivity contribution in [3.63, 3.8) is 0 Å². The van der Waals surface area contributed by atoms with Gasteiger partial charge in [0.25, 0.3) is 0 Å². The highest BCUT2D eigenvalue weighted by molar-refractivity contribution is 4.46. The van der Waals surface area contributed by atoms with Crippen LogP contribution in [0.3, 0.4) is 0 Å². The van der Waals surface area contributed by atoms with Crippen LogP contribution in [-0.4, -0.2) is 12.8 Å². The topological polar surface area (TPSA) is 71.9 Å². The normalized spacial score (nSPS) is 13.7. The molecule has 9 heavy (non-hydrogen) atoms. The van der Waals surface area contributed by atoms with Gasteiger partial charge in [-0.3, -0.25) is 0 Å². The third-order valence-electron chi connectivity index (χ3n) is 1.19. The zero-order valence-electron chi connectivity index (χ0n) is 5.68. The molecule has 0 saturated heterocycles. The van der Waals surface area contributed by atoms with Crippen molar-refractivity contribution in [2.24, 2.45) is 11.5 Å². The van der Waals surface area contributed by atoms with Crippen molar-refractivity contribution in [2.45, 2.75) is 31.9 Å². The molecule has 1 radical (unpaired) electrons. The van der Waals surface area contributed by atoms with Crippen molar-refractivity contribution >= 4 is 0 Å². The average molecular weight is 131 g/mol. The second kappa shape index (κ2) is 6.01. The highest BCUT2D eigenvalue weighted by atomic mass is 16.3. The molecule has 0 aromatic rings. The highest BCUT2D eigenvalue weighted by Crippen LogP contribution is 1.99. The van der Waals surface area contributed by atoms with Crippen LogP contribution in [0.5, 0.6) is 0 Å². The predicted molar refractivity (Wildman–Crippen MR) is 36.2 cm³/mol. The van der Waals surface area contributed by atoms with E-state index in [1.54, 1.807) is 0 Å². The van der Waals surface area contributed by atoms with E-state index in [4.69, 9.17) is 11.5 Å². The second-order valence-corrected chi connectivity index (χ2v) is 2.18. The molecule has 0 heterocycles. The van der Waals surface area contributed by atoms with Crippen LogP contribution in [0.4, 0.5) is 0 Å². The van der Waals surface area contributed by atoms with Gasteiger partial charge in [0.2, 0.25) is 0 Å². The Bertz CT molecular complexity index is 57.0. The summed E-state index contributed by atoms with van der Waals surface area (Å²) >= 11 is 0. The number of rotatable bonds is 5. The van der Waals surface area contributed by atoms with E-state index in [-0.39, 0.29) is 0 Å². The quantitative estimate of drug-likeness (QED) is 0.414. The summed E-state index contributed by atoms with van der Waals surface area (Å²) in [7, 11) is 0. The van der Waals surface area contributed by atoms with E-state index in [0.29, 0.717) is 13.0 Å². The molecule has 0 amide bonds. The van der Waals surface area contributed by atoms with Crippen molar-refractivity contribution < 1.29 is 5.11 Å². The summed E-state index contributed by atoms with van der Waals surface area (Å²) in [6, 6.07) is 0. The first-order chi connectivity index (χ1) is 4.27. The van der Waals surface area contributed by atoms with Gasteiger partial charge < -0.3 is 11.5 Å². The van der Waals surface area contributed by atoms with E-state index < -0.39 is 6.23 Å². The van der Waals surface area contributed by atoms with Crippen molar-refractivity contribution in [1.82, 2.24) is 0 Å². The lowest BCUT2D eigenvalue weighted by Gasteiger charge is -1.99. The Morgan fingerprint density at radius 2 is 1.89 bits per heavy atom. The first-order valence-corrected chi connectivity index (χ1v) is 3.39. The van der Waals surface area contributed by atoms with Gasteiger partial charge in [-0.1, -0.05) is 6.42 Å². The molecule has 0 aliphatic rings.